The van der Waals surface area contributed by atoms with E-state index in [1.54, 1.807) is 20.0 Å². The van der Waals surface area contributed by atoms with Crippen molar-refractivity contribution in [1.29, 1.82) is 0 Å². The Bertz CT molecular complexity index is 654. The fraction of sp³-hybridized carbons (Fsp3) is 0.565. The molecule has 28 heavy (non-hydrogen) atoms. The van der Waals surface area contributed by atoms with E-state index in [-0.39, 0.29) is 11.3 Å². The summed E-state index contributed by atoms with van der Waals surface area (Å²) in [5, 5.41) is 3.39. The standard InChI is InChI=1S/C14H15F2NO.C9H19N/c1-10(8-9-17-3)13(18)11-4-6-12(7-5-11)14(2,15)16;1-3-8(2)9-4-6-10-7-5-9/h4-9H,1-3H3;8-10H,3-7H2,1-2H3/b10-8+,17-9?;. The number of rotatable bonds is 6. The predicted molar refractivity (Wildman–Crippen MR) is 114 cm³/mol. The van der Waals surface area contributed by atoms with Crippen LogP contribution in [0.3, 0.4) is 0 Å². The molecule has 156 valence electrons. The molecule has 0 aliphatic carbocycles. The van der Waals surface area contributed by atoms with E-state index in [0.29, 0.717) is 11.1 Å². The van der Waals surface area contributed by atoms with Gasteiger partial charge in [0.2, 0.25) is 0 Å². The molecule has 1 aromatic carbocycles. The number of alkyl halides is 2. The van der Waals surface area contributed by atoms with Gasteiger partial charge in [-0.05, 0) is 56.3 Å². The Balaban J connectivity index is 0.000000330. The summed E-state index contributed by atoms with van der Waals surface area (Å²) in [4.78, 5) is 15.6. The first-order valence-electron chi connectivity index (χ1n) is 10.0. The highest BCUT2D eigenvalue weighted by Gasteiger charge is 2.24. The van der Waals surface area contributed by atoms with Crippen molar-refractivity contribution in [3.63, 3.8) is 0 Å². The molecule has 0 aromatic heterocycles. The molecule has 3 nitrogen and oxygen atoms in total. The fourth-order valence-corrected chi connectivity index (χ4v) is 3.15. The average Bonchev–Trinajstić information content (AvgIpc) is 2.71. The van der Waals surface area contributed by atoms with E-state index in [4.69, 9.17) is 0 Å². The van der Waals surface area contributed by atoms with Gasteiger partial charge in [0.1, 0.15) is 0 Å². The Morgan fingerprint density at radius 3 is 2.32 bits per heavy atom. The first-order valence-corrected chi connectivity index (χ1v) is 10.0. The number of hydrogen-bond donors (Lipinski definition) is 1. The molecule has 1 fully saturated rings. The molecular weight excluding hydrogens is 358 g/mol. The van der Waals surface area contributed by atoms with Gasteiger partial charge in [0.15, 0.2) is 5.78 Å². The second-order valence-corrected chi connectivity index (χ2v) is 7.52. The number of Topliss-reactive ketones (excluding diaryl/α,β-unsaturated/α-hetero) is 1. The Hall–Kier alpha value is -1.88. The highest BCUT2D eigenvalue weighted by molar-refractivity contribution is 6.10. The van der Waals surface area contributed by atoms with Gasteiger partial charge in [0, 0.05) is 31.3 Å². The molecule has 5 heteroatoms. The highest BCUT2D eigenvalue weighted by Crippen LogP contribution is 2.27. The van der Waals surface area contributed by atoms with Gasteiger partial charge in [-0.15, -0.1) is 0 Å². The number of allylic oxidation sites excluding steroid dienone is 2. The third kappa shape index (κ3) is 8.01. The van der Waals surface area contributed by atoms with Crippen LogP contribution in [-0.2, 0) is 5.92 Å². The van der Waals surface area contributed by atoms with Gasteiger partial charge < -0.3 is 5.32 Å². The molecule has 1 unspecified atom stereocenters. The molecule has 0 radical (unpaired) electrons. The van der Waals surface area contributed by atoms with Crippen molar-refractivity contribution in [2.24, 2.45) is 16.8 Å². The molecule has 1 saturated heterocycles. The molecule has 0 saturated carbocycles. The van der Waals surface area contributed by atoms with Gasteiger partial charge in [-0.1, -0.05) is 44.5 Å². The number of carbonyl (C=O) groups is 1. The van der Waals surface area contributed by atoms with Crippen LogP contribution in [-0.4, -0.2) is 32.1 Å². The summed E-state index contributed by atoms with van der Waals surface area (Å²) in [5.74, 6) is -1.13. The van der Waals surface area contributed by atoms with Crippen LogP contribution in [0.25, 0.3) is 0 Å². The Labute approximate surface area is 168 Å². The van der Waals surface area contributed by atoms with Crippen molar-refractivity contribution in [2.45, 2.75) is 52.9 Å². The molecule has 1 aromatic rings. The number of halogens is 2. The van der Waals surface area contributed by atoms with E-state index >= 15 is 0 Å². The fourth-order valence-electron chi connectivity index (χ4n) is 3.15. The third-order valence-electron chi connectivity index (χ3n) is 5.32. The lowest BCUT2D eigenvalue weighted by Gasteiger charge is -2.27. The van der Waals surface area contributed by atoms with Crippen LogP contribution in [0.5, 0.6) is 0 Å². The van der Waals surface area contributed by atoms with Crippen molar-refractivity contribution in [2.75, 3.05) is 20.1 Å². The average molecular weight is 393 g/mol. The smallest absolute Gasteiger partial charge is 0.270 e. The topological polar surface area (TPSA) is 41.5 Å². The minimum atomic E-state index is -2.89. The van der Waals surface area contributed by atoms with E-state index < -0.39 is 5.92 Å². The molecular formula is C23H34F2N2O. The van der Waals surface area contributed by atoms with E-state index in [2.05, 4.69) is 24.2 Å². The van der Waals surface area contributed by atoms with Crippen molar-refractivity contribution in [3.05, 3.63) is 47.0 Å². The predicted octanol–water partition coefficient (Wildman–Crippen LogP) is 5.66. The van der Waals surface area contributed by atoms with Gasteiger partial charge in [-0.3, -0.25) is 9.79 Å². The minimum absolute atomic E-state index is 0.101. The number of nitrogens with zero attached hydrogens (tertiary/aromatic N) is 1. The number of benzene rings is 1. The maximum atomic E-state index is 13.0. The van der Waals surface area contributed by atoms with Gasteiger partial charge >= 0.3 is 0 Å². The van der Waals surface area contributed by atoms with Gasteiger partial charge in [-0.25, -0.2) is 8.78 Å². The maximum absolute atomic E-state index is 13.0. The normalized spacial score (nSPS) is 17.2. The summed E-state index contributed by atoms with van der Waals surface area (Å²) in [5.41, 5.74) is 0.800. The minimum Gasteiger partial charge on any atom is -0.317 e. The van der Waals surface area contributed by atoms with Crippen LogP contribution in [0, 0.1) is 11.8 Å². The highest BCUT2D eigenvalue weighted by atomic mass is 19.3. The molecule has 1 aliphatic rings. The monoisotopic (exact) mass is 392 g/mol. The zero-order valence-electron chi connectivity index (χ0n) is 17.8. The molecule has 0 amide bonds. The first-order chi connectivity index (χ1) is 13.2. The Morgan fingerprint density at radius 2 is 1.86 bits per heavy atom. The quantitative estimate of drug-likeness (QED) is 0.385. The first kappa shape index (κ1) is 24.2. The third-order valence-corrected chi connectivity index (χ3v) is 5.32. The lowest BCUT2D eigenvalue weighted by atomic mass is 9.85. The van der Waals surface area contributed by atoms with Crippen LogP contribution in [0.2, 0.25) is 0 Å². The van der Waals surface area contributed by atoms with E-state index in [1.165, 1.54) is 62.8 Å². The number of carbonyl (C=O) groups excluding carboxylic acids is 1. The van der Waals surface area contributed by atoms with Crippen molar-refractivity contribution in [3.8, 4) is 0 Å². The molecule has 1 heterocycles. The van der Waals surface area contributed by atoms with Crippen LogP contribution >= 0.6 is 0 Å². The van der Waals surface area contributed by atoms with Crippen molar-refractivity contribution < 1.29 is 13.6 Å². The molecule has 1 N–H and O–H groups in total. The molecule has 0 bridgehead atoms. The zero-order chi connectivity index (χ0) is 21.2. The van der Waals surface area contributed by atoms with E-state index in [9.17, 15) is 13.6 Å². The number of piperidine rings is 1. The summed E-state index contributed by atoms with van der Waals surface area (Å²) in [6.45, 7) is 9.66. The Morgan fingerprint density at radius 1 is 1.29 bits per heavy atom. The number of aliphatic imine (C=N–C) groups is 1. The van der Waals surface area contributed by atoms with Gasteiger partial charge in [0.05, 0.1) is 0 Å². The summed E-state index contributed by atoms with van der Waals surface area (Å²) < 4.78 is 26.0. The summed E-state index contributed by atoms with van der Waals surface area (Å²) in [7, 11) is 1.60. The van der Waals surface area contributed by atoms with Gasteiger partial charge in [-0.2, -0.15) is 0 Å². The second-order valence-electron chi connectivity index (χ2n) is 7.52. The second kappa shape index (κ2) is 11.8. The lowest BCUT2D eigenvalue weighted by Crippen LogP contribution is -2.30. The van der Waals surface area contributed by atoms with Crippen LogP contribution < -0.4 is 5.32 Å². The maximum Gasteiger partial charge on any atom is 0.270 e. The zero-order valence-corrected chi connectivity index (χ0v) is 17.8. The number of ketones is 1. The molecule has 0 spiro atoms. The number of nitrogens with one attached hydrogen (secondary N) is 1. The number of hydrogen-bond acceptors (Lipinski definition) is 3. The summed E-state index contributed by atoms with van der Waals surface area (Å²) in [6, 6.07) is 5.37. The molecule has 2 rings (SSSR count). The largest absolute Gasteiger partial charge is 0.317 e. The summed E-state index contributed by atoms with van der Waals surface area (Å²) >= 11 is 0. The van der Waals surface area contributed by atoms with Crippen LogP contribution in [0.4, 0.5) is 8.78 Å². The van der Waals surface area contributed by atoms with Gasteiger partial charge in [0.25, 0.3) is 5.92 Å². The lowest BCUT2D eigenvalue weighted by molar-refractivity contribution is 0.0174. The van der Waals surface area contributed by atoms with E-state index in [0.717, 1.165) is 18.8 Å². The Kier molecular flexibility index (Phi) is 10.2. The van der Waals surface area contributed by atoms with Crippen LogP contribution in [0.1, 0.15) is 62.9 Å². The molecule has 1 aliphatic heterocycles. The summed E-state index contributed by atoms with van der Waals surface area (Å²) in [6.07, 6.45) is 7.25. The molecule has 1 atom stereocenters. The SMILES string of the molecule is CCC(C)C1CCNCC1.CN=C/C=C(\C)C(=O)c1ccc(C(C)(F)F)cc1. The van der Waals surface area contributed by atoms with Crippen LogP contribution in [0.15, 0.2) is 40.9 Å². The van der Waals surface area contributed by atoms with Crippen molar-refractivity contribution >= 4 is 12.0 Å². The van der Waals surface area contributed by atoms with E-state index in [1.807, 2.05) is 0 Å². The van der Waals surface area contributed by atoms with Crippen molar-refractivity contribution in [1.82, 2.24) is 5.32 Å².